The van der Waals surface area contributed by atoms with Gasteiger partial charge >= 0.3 is 0 Å². The average Bonchev–Trinajstić information content (AvgIpc) is 2.52. The van der Waals surface area contributed by atoms with Gasteiger partial charge in [0.2, 0.25) is 0 Å². The Morgan fingerprint density at radius 2 is 1.78 bits per heavy atom. The minimum atomic E-state index is 0.595. The summed E-state index contributed by atoms with van der Waals surface area (Å²) in [5.74, 6) is 1.43. The van der Waals surface area contributed by atoms with Crippen LogP contribution in [0.2, 0.25) is 0 Å². The molecule has 2 aromatic carbocycles. The van der Waals surface area contributed by atoms with Crippen molar-refractivity contribution in [1.82, 2.24) is 0 Å². The van der Waals surface area contributed by atoms with Crippen molar-refractivity contribution in [2.45, 2.75) is 39.0 Å². The van der Waals surface area contributed by atoms with Crippen LogP contribution in [-0.4, -0.2) is 13.6 Å². The second kappa shape index (κ2) is 7.21. The van der Waals surface area contributed by atoms with Crippen LogP contribution in [0.3, 0.4) is 0 Å². The maximum atomic E-state index is 2.53. The van der Waals surface area contributed by atoms with Crippen LogP contribution in [0.5, 0.6) is 0 Å². The van der Waals surface area contributed by atoms with Gasteiger partial charge in [0, 0.05) is 19.3 Å². The highest BCUT2D eigenvalue weighted by Crippen LogP contribution is 2.41. The third kappa shape index (κ3) is 3.60. The quantitative estimate of drug-likeness (QED) is 0.678. The normalized spacial score (nSPS) is 16.0. The lowest BCUT2D eigenvalue weighted by atomic mass is 9.71. The van der Waals surface area contributed by atoms with Gasteiger partial charge in [0.1, 0.15) is 0 Å². The molecule has 0 N–H and O–H groups in total. The number of hydrogen-bond donors (Lipinski definition) is 0. The van der Waals surface area contributed by atoms with Crippen molar-refractivity contribution in [3.8, 4) is 0 Å². The Bertz CT molecular complexity index is 628. The first-order valence-corrected chi connectivity index (χ1v) is 8.82. The van der Waals surface area contributed by atoms with E-state index >= 15 is 0 Å². The first-order valence-electron chi connectivity index (χ1n) is 8.82. The molecule has 0 saturated heterocycles. The van der Waals surface area contributed by atoms with Crippen LogP contribution in [0.25, 0.3) is 0 Å². The predicted molar refractivity (Wildman–Crippen MR) is 100 cm³/mol. The largest absolute Gasteiger partial charge is 0.374 e. The Morgan fingerprint density at radius 3 is 2.43 bits per heavy atom. The van der Waals surface area contributed by atoms with Gasteiger partial charge in [-0.25, -0.2) is 0 Å². The molecule has 0 heterocycles. The smallest absolute Gasteiger partial charge is 0.0396 e. The minimum Gasteiger partial charge on any atom is -0.374 e. The number of hydrogen-bond acceptors (Lipinski definition) is 1. The molecule has 1 aliphatic carbocycles. The zero-order valence-electron chi connectivity index (χ0n) is 14.6. The summed E-state index contributed by atoms with van der Waals surface area (Å²) in [6.07, 6.45) is 6.68. The van der Waals surface area contributed by atoms with E-state index in [9.17, 15) is 0 Å². The lowest BCUT2D eigenvalue weighted by Crippen LogP contribution is -2.27. The molecule has 121 valence electrons. The Morgan fingerprint density at radius 1 is 1.04 bits per heavy atom. The van der Waals surface area contributed by atoms with E-state index in [1.807, 2.05) is 0 Å². The Kier molecular flexibility index (Phi) is 5.05. The van der Waals surface area contributed by atoms with E-state index in [1.165, 1.54) is 41.6 Å². The van der Waals surface area contributed by atoms with Crippen LogP contribution in [-0.2, 0) is 0 Å². The summed E-state index contributed by atoms with van der Waals surface area (Å²) in [5.41, 5.74) is 5.59. The van der Waals surface area contributed by atoms with Crippen LogP contribution < -0.4 is 4.90 Å². The van der Waals surface area contributed by atoms with Crippen molar-refractivity contribution >= 4 is 5.69 Å². The van der Waals surface area contributed by atoms with Crippen LogP contribution in [0.4, 0.5) is 5.69 Å². The number of nitrogens with zero attached hydrogens (tertiary/aromatic N) is 1. The van der Waals surface area contributed by atoms with E-state index in [0.29, 0.717) is 5.92 Å². The highest BCUT2D eigenvalue weighted by atomic mass is 15.1. The zero-order valence-corrected chi connectivity index (χ0v) is 14.6. The maximum Gasteiger partial charge on any atom is 0.0396 e. The third-order valence-corrected chi connectivity index (χ3v) is 5.46. The standard InChI is InChI=1S/C22H28N/c1-17-9-7-14-22(18(17)2)23(3)16-15-21(20-12-8-13-20)19-10-5-4-6-11-19/h4-7,9-11,14-15,20-21H,8,12-13,16H2,1-3H3. The molecular formula is C22H28N. The molecule has 3 rings (SSSR count). The topological polar surface area (TPSA) is 3.24 Å². The van der Waals surface area contributed by atoms with E-state index in [1.54, 1.807) is 0 Å². The third-order valence-electron chi connectivity index (χ3n) is 5.46. The molecule has 1 radical (unpaired) electrons. The summed E-state index contributed by atoms with van der Waals surface area (Å²) in [4.78, 5) is 2.39. The predicted octanol–water partition coefficient (Wildman–Crippen LogP) is 5.53. The second-order valence-corrected chi connectivity index (χ2v) is 6.96. The molecule has 0 spiro atoms. The van der Waals surface area contributed by atoms with Gasteiger partial charge in [-0.2, -0.15) is 0 Å². The summed E-state index contributed by atoms with van der Waals surface area (Å²) in [7, 11) is 2.21. The van der Waals surface area contributed by atoms with Crippen molar-refractivity contribution in [1.29, 1.82) is 0 Å². The van der Waals surface area contributed by atoms with E-state index in [4.69, 9.17) is 0 Å². The Balaban J connectivity index is 1.70. The van der Waals surface area contributed by atoms with E-state index in [-0.39, 0.29) is 0 Å². The summed E-state index contributed by atoms with van der Waals surface area (Å²) < 4.78 is 0. The zero-order chi connectivity index (χ0) is 16.2. The average molecular weight is 306 g/mol. The Labute approximate surface area is 141 Å². The van der Waals surface area contributed by atoms with Gasteiger partial charge < -0.3 is 4.90 Å². The maximum absolute atomic E-state index is 2.53. The molecule has 0 aromatic heterocycles. The fourth-order valence-corrected chi connectivity index (χ4v) is 3.59. The minimum absolute atomic E-state index is 0.595. The number of anilines is 1. The SMILES string of the molecule is Cc1cccc(N(C)C[CH]C(c2ccccc2)C2CCC2)c1C. The van der Waals surface area contributed by atoms with Crippen molar-refractivity contribution in [2.24, 2.45) is 5.92 Å². The summed E-state index contributed by atoms with van der Waals surface area (Å²) in [5, 5.41) is 0. The highest BCUT2D eigenvalue weighted by molar-refractivity contribution is 5.55. The Hall–Kier alpha value is -1.76. The lowest BCUT2D eigenvalue weighted by molar-refractivity contribution is 0.278. The number of rotatable bonds is 6. The molecule has 1 saturated carbocycles. The number of benzene rings is 2. The van der Waals surface area contributed by atoms with Crippen molar-refractivity contribution < 1.29 is 0 Å². The highest BCUT2D eigenvalue weighted by Gasteiger charge is 2.28. The summed E-state index contributed by atoms with van der Waals surface area (Å²) in [6, 6.07) is 17.6. The molecule has 0 amide bonds. The molecule has 1 heteroatoms. The molecule has 1 nitrogen and oxygen atoms in total. The first kappa shape index (κ1) is 16.1. The van der Waals surface area contributed by atoms with Crippen LogP contribution in [0.1, 0.15) is 41.9 Å². The fourth-order valence-electron chi connectivity index (χ4n) is 3.59. The lowest BCUT2D eigenvalue weighted by Gasteiger charge is -2.35. The number of aryl methyl sites for hydroxylation is 1. The van der Waals surface area contributed by atoms with Crippen LogP contribution in [0.15, 0.2) is 48.5 Å². The van der Waals surface area contributed by atoms with Crippen molar-refractivity contribution in [3.05, 3.63) is 71.6 Å². The summed E-state index contributed by atoms with van der Waals surface area (Å²) in [6.45, 7) is 5.42. The van der Waals surface area contributed by atoms with Gasteiger partial charge in [0.05, 0.1) is 0 Å². The van der Waals surface area contributed by atoms with Crippen LogP contribution >= 0.6 is 0 Å². The monoisotopic (exact) mass is 306 g/mol. The van der Waals surface area contributed by atoms with Gasteiger partial charge in [0.25, 0.3) is 0 Å². The molecule has 0 aliphatic heterocycles. The molecule has 1 atom stereocenters. The first-order chi connectivity index (χ1) is 11.2. The van der Waals surface area contributed by atoms with E-state index in [2.05, 4.69) is 80.7 Å². The van der Waals surface area contributed by atoms with Gasteiger partial charge in [-0.15, -0.1) is 0 Å². The van der Waals surface area contributed by atoms with Crippen LogP contribution in [0, 0.1) is 26.2 Å². The second-order valence-electron chi connectivity index (χ2n) is 6.96. The fraction of sp³-hybridized carbons (Fsp3) is 0.409. The molecular weight excluding hydrogens is 278 g/mol. The van der Waals surface area contributed by atoms with E-state index in [0.717, 1.165) is 12.5 Å². The molecule has 0 bridgehead atoms. The van der Waals surface area contributed by atoms with Crippen molar-refractivity contribution in [2.75, 3.05) is 18.5 Å². The molecule has 23 heavy (non-hydrogen) atoms. The van der Waals surface area contributed by atoms with Gasteiger partial charge in [-0.3, -0.25) is 0 Å². The summed E-state index contributed by atoms with van der Waals surface area (Å²) >= 11 is 0. The van der Waals surface area contributed by atoms with E-state index < -0.39 is 0 Å². The van der Waals surface area contributed by atoms with Gasteiger partial charge in [-0.1, -0.05) is 48.9 Å². The molecule has 1 unspecified atom stereocenters. The van der Waals surface area contributed by atoms with Gasteiger partial charge in [0.15, 0.2) is 0 Å². The molecule has 2 aromatic rings. The molecule has 1 fully saturated rings. The van der Waals surface area contributed by atoms with Gasteiger partial charge in [-0.05, 0) is 67.7 Å². The molecule has 1 aliphatic rings. The van der Waals surface area contributed by atoms with Crippen molar-refractivity contribution in [3.63, 3.8) is 0 Å².